The number of hydrogen-bond donors (Lipinski definition) is 1. The van der Waals surface area contributed by atoms with E-state index in [1.54, 1.807) is 6.92 Å². The average molecular weight is 411 g/mol. The molecule has 0 bridgehead atoms. The summed E-state index contributed by atoms with van der Waals surface area (Å²) in [5, 5.41) is 2.98. The molecule has 0 spiro atoms. The van der Waals surface area contributed by atoms with Crippen LogP contribution in [0, 0.1) is 11.8 Å². The van der Waals surface area contributed by atoms with Crippen LogP contribution in [-0.4, -0.2) is 52.7 Å². The van der Waals surface area contributed by atoms with Crippen molar-refractivity contribution >= 4 is 23.5 Å². The van der Waals surface area contributed by atoms with Gasteiger partial charge in [-0.1, -0.05) is 13.8 Å². The van der Waals surface area contributed by atoms with E-state index in [0.29, 0.717) is 25.9 Å². The maximum Gasteiger partial charge on any atom is 0.233 e. The molecular weight excluding hydrogens is 372 g/mol. The van der Waals surface area contributed by atoms with E-state index in [-0.39, 0.29) is 54.7 Å². The van der Waals surface area contributed by atoms with Crippen molar-refractivity contribution in [3.05, 3.63) is 0 Å². The molecule has 1 rings (SSSR count). The van der Waals surface area contributed by atoms with Crippen molar-refractivity contribution in [3.63, 3.8) is 0 Å². The Kier molecular flexibility index (Phi) is 9.00. The molecular formula is C22H38N2O5. The van der Waals surface area contributed by atoms with E-state index < -0.39 is 11.1 Å². The van der Waals surface area contributed by atoms with Crippen molar-refractivity contribution in [1.82, 2.24) is 10.2 Å². The third kappa shape index (κ3) is 8.64. The Morgan fingerprint density at radius 1 is 1.21 bits per heavy atom. The summed E-state index contributed by atoms with van der Waals surface area (Å²) in [4.78, 5) is 49.2. The van der Waals surface area contributed by atoms with E-state index >= 15 is 0 Å². The first-order chi connectivity index (χ1) is 13.2. The highest BCUT2D eigenvalue weighted by atomic mass is 16.5. The summed E-state index contributed by atoms with van der Waals surface area (Å²) >= 11 is 0. The number of nitrogens with zero attached hydrogens (tertiary/aromatic N) is 1. The fourth-order valence-corrected chi connectivity index (χ4v) is 3.60. The van der Waals surface area contributed by atoms with Crippen LogP contribution in [0.2, 0.25) is 0 Å². The van der Waals surface area contributed by atoms with Gasteiger partial charge in [0.15, 0.2) is 0 Å². The highest BCUT2D eigenvalue weighted by Gasteiger charge is 2.39. The van der Waals surface area contributed by atoms with E-state index in [1.807, 2.05) is 41.5 Å². The standard InChI is InChI=1S/C22H38N2O5/c1-15(2)17-13-19(27)24(20(17)28)11-8-9-18(26)23-21(4,5)10-12-29-22(6,7)14-16(3)25/h15,17H,8-14H2,1-7H3,(H,23,26). The second-order valence-corrected chi connectivity index (χ2v) is 9.71. The molecule has 29 heavy (non-hydrogen) atoms. The van der Waals surface area contributed by atoms with Gasteiger partial charge in [-0.05, 0) is 53.4 Å². The number of ketones is 1. The zero-order chi connectivity index (χ0) is 22.4. The highest BCUT2D eigenvalue weighted by Crippen LogP contribution is 2.26. The number of Topliss-reactive ketones (excluding diaryl/α,β-unsaturated/α-hetero) is 1. The fourth-order valence-electron chi connectivity index (χ4n) is 3.60. The van der Waals surface area contributed by atoms with Gasteiger partial charge in [-0.15, -0.1) is 0 Å². The minimum absolute atomic E-state index is 0.0808. The molecule has 1 saturated heterocycles. The zero-order valence-corrected chi connectivity index (χ0v) is 19.1. The first-order valence-electron chi connectivity index (χ1n) is 10.5. The molecule has 1 aliphatic rings. The Morgan fingerprint density at radius 2 is 1.83 bits per heavy atom. The van der Waals surface area contributed by atoms with E-state index in [2.05, 4.69) is 5.32 Å². The van der Waals surface area contributed by atoms with Crippen LogP contribution in [0.3, 0.4) is 0 Å². The molecule has 0 saturated carbocycles. The van der Waals surface area contributed by atoms with Crippen LogP contribution in [0.1, 0.15) is 80.6 Å². The van der Waals surface area contributed by atoms with E-state index in [1.165, 1.54) is 4.90 Å². The minimum atomic E-state index is -0.519. The van der Waals surface area contributed by atoms with Crippen molar-refractivity contribution in [2.45, 2.75) is 91.7 Å². The lowest BCUT2D eigenvalue weighted by Crippen LogP contribution is -2.45. The van der Waals surface area contributed by atoms with Crippen LogP contribution >= 0.6 is 0 Å². The number of amides is 3. The van der Waals surface area contributed by atoms with Gasteiger partial charge in [-0.3, -0.25) is 24.1 Å². The molecule has 0 aromatic carbocycles. The summed E-state index contributed by atoms with van der Waals surface area (Å²) < 4.78 is 5.81. The van der Waals surface area contributed by atoms with Gasteiger partial charge < -0.3 is 10.1 Å². The Hall–Kier alpha value is -1.76. The van der Waals surface area contributed by atoms with Gasteiger partial charge in [-0.2, -0.15) is 0 Å². The van der Waals surface area contributed by atoms with Gasteiger partial charge in [0.1, 0.15) is 5.78 Å². The van der Waals surface area contributed by atoms with Crippen molar-refractivity contribution in [1.29, 1.82) is 0 Å². The lowest BCUT2D eigenvalue weighted by atomic mass is 9.94. The zero-order valence-electron chi connectivity index (χ0n) is 19.1. The topological polar surface area (TPSA) is 92.8 Å². The monoisotopic (exact) mass is 410 g/mol. The number of rotatable bonds is 12. The Morgan fingerprint density at radius 3 is 2.34 bits per heavy atom. The number of carbonyl (C=O) groups is 4. The first kappa shape index (κ1) is 25.3. The third-order valence-electron chi connectivity index (χ3n) is 5.24. The third-order valence-corrected chi connectivity index (χ3v) is 5.24. The first-order valence-corrected chi connectivity index (χ1v) is 10.5. The number of hydrogen-bond acceptors (Lipinski definition) is 5. The Bertz CT molecular complexity index is 625. The highest BCUT2D eigenvalue weighted by molar-refractivity contribution is 6.03. The van der Waals surface area contributed by atoms with Crippen LogP contribution in [0.4, 0.5) is 0 Å². The van der Waals surface area contributed by atoms with Gasteiger partial charge in [-0.25, -0.2) is 0 Å². The van der Waals surface area contributed by atoms with Crippen LogP contribution in [0.15, 0.2) is 0 Å². The summed E-state index contributed by atoms with van der Waals surface area (Å²) in [7, 11) is 0. The van der Waals surface area contributed by atoms with Crippen molar-refractivity contribution < 1.29 is 23.9 Å². The van der Waals surface area contributed by atoms with Crippen LogP contribution < -0.4 is 5.32 Å². The number of ether oxygens (including phenoxy) is 1. The normalized spacial score (nSPS) is 17.9. The van der Waals surface area contributed by atoms with Gasteiger partial charge in [0.2, 0.25) is 17.7 Å². The molecule has 7 nitrogen and oxygen atoms in total. The summed E-state index contributed by atoms with van der Waals surface area (Å²) in [5.41, 5.74) is -0.972. The molecule has 0 aliphatic carbocycles. The Balaban J connectivity index is 2.37. The summed E-state index contributed by atoms with van der Waals surface area (Å²) in [5.74, 6) is -0.378. The maximum atomic E-state index is 12.3. The fraction of sp³-hybridized carbons (Fsp3) is 0.818. The van der Waals surface area contributed by atoms with Crippen LogP contribution in [0.25, 0.3) is 0 Å². The molecule has 0 aromatic rings. The molecule has 7 heteroatoms. The number of carbonyl (C=O) groups excluding carboxylic acids is 4. The van der Waals surface area contributed by atoms with Crippen LogP contribution in [0.5, 0.6) is 0 Å². The molecule has 1 aliphatic heterocycles. The largest absolute Gasteiger partial charge is 0.375 e. The lowest BCUT2D eigenvalue weighted by molar-refractivity contribution is -0.140. The predicted molar refractivity (Wildman–Crippen MR) is 111 cm³/mol. The Labute approximate surface area is 174 Å². The maximum absolute atomic E-state index is 12.3. The van der Waals surface area contributed by atoms with Gasteiger partial charge in [0, 0.05) is 43.9 Å². The molecule has 166 valence electrons. The predicted octanol–water partition coefficient (Wildman–Crippen LogP) is 2.86. The number of likely N-dealkylation sites (tertiary alicyclic amines) is 1. The summed E-state index contributed by atoms with van der Waals surface area (Å²) in [6.45, 7) is 13.8. The van der Waals surface area contributed by atoms with Crippen molar-refractivity contribution in [2.24, 2.45) is 11.8 Å². The molecule has 1 unspecified atom stereocenters. The smallest absolute Gasteiger partial charge is 0.233 e. The van der Waals surface area contributed by atoms with E-state index in [4.69, 9.17) is 4.74 Å². The van der Waals surface area contributed by atoms with E-state index in [9.17, 15) is 19.2 Å². The summed E-state index contributed by atoms with van der Waals surface area (Å²) in [6, 6.07) is 0. The molecule has 0 radical (unpaired) electrons. The molecule has 3 amide bonds. The summed E-state index contributed by atoms with van der Waals surface area (Å²) in [6.07, 6.45) is 1.94. The quantitative estimate of drug-likeness (QED) is 0.500. The second kappa shape index (κ2) is 10.3. The molecule has 1 fully saturated rings. The van der Waals surface area contributed by atoms with Crippen LogP contribution in [-0.2, 0) is 23.9 Å². The molecule has 1 N–H and O–H groups in total. The molecule has 1 heterocycles. The van der Waals surface area contributed by atoms with Gasteiger partial charge in [0.25, 0.3) is 0 Å². The van der Waals surface area contributed by atoms with Crippen molar-refractivity contribution in [3.8, 4) is 0 Å². The average Bonchev–Trinajstić information content (AvgIpc) is 2.80. The van der Waals surface area contributed by atoms with Gasteiger partial charge >= 0.3 is 0 Å². The number of nitrogens with one attached hydrogen (secondary N) is 1. The minimum Gasteiger partial charge on any atom is -0.375 e. The van der Waals surface area contributed by atoms with E-state index in [0.717, 1.165) is 0 Å². The number of imide groups is 1. The molecule has 1 atom stereocenters. The van der Waals surface area contributed by atoms with Gasteiger partial charge in [0.05, 0.1) is 5.60 Å². The lowest BCUT2D eigenvalue weighted by Gasteiger charge is -2.30. The van der Waals surface area contributed by atoms with Crippen molar-refractivity contribution in [2.75, 3.05) is 13.2 Å². The second-order valence-electron chi connectivity index (χ2n) is 9.71. The SMILES string of the molecule is CC(=O)CC(C)(C)OCCC(C)(C)NC(=O)CCCN1C(=O)CC(C(C)C)C1=O. The molecule has 0 aromatic heterocycles.